The van der Waals surface area contributed by atoms with Gasteiger partial charge in [-0.15, -0.1) is 0 Å². The monoisotopic (exact) mass is 250 g/mol. The number of nitrogens with one attached hydrogen (secondary N) is 1. The van der Waals surface area contributed by atoms with E-state index < -0.39 is 0 Å². The minimum absolute atomic E-state index is 0.575. The van der Waals surface area contributed by atoms with Crippen LogP contribution in [-0.4, -0.2) is 23.2 Å². The maximum absolute atomic E-state index is 5.47. The summed E-state index contributed by atoms with van der Waals surface area (Å²) in [5.74, 6) is 7.57. The molecule has 5 nitrogen and oxygen atoms in total. The van der Waals surface area contributed by atoms with E-state index in [1.807, 2.05) is 13.0 Å². The summed E-state index contributed by atoms with van der Waals surface area (Å²) in [6, 6.07) is 1.97. The Hall–Kier alpha value is -1.20. The summed E-state index contributed by atoms with van der Waals surface area (Å²) in [5.41, 5.74) is 3.76. The first-order valence-corrected chi connectivity index (χ1v) is 6.75. The van der Waals surface area contributed by atoms with Crippen molar-refractivity contribution in [2.45, 2.75) is 44.9 Å². The summed E-state index contributed by atoms with van der Waals surface area (Å²) in [5, 5.41) is 0. The zero-order valence-electron chi connectivity index (χ0n) is 11.0. The van der Waals surface area contributed by atoms with Crippen LogP contribution >= 0.6 is 0 Å². The third kappa shape index (κ3) is 3.40. The van der Waals surface area contributed by atoms with Crippen LogP contribution in [0.2, 0.25) is 0 Å². The highest BCUT2D eigenvalue weighted by molar-refractivity contribution is 5.35. The van der Waals surface area contributed by atoms with Crippen molar-refractivity contribution in [1.82, 2.24) is 9.97 Å². The summed E-state index contributed by atoms with van der Waals surface area (Å²) in [6.07, 6.45) is 5.80. The molecule has 100 valence electrons. The van der Waals surface area contributed by atoms with E-state index in [2.05, 4.69) is 15.4 Å². The van der Waals surface area contributed by atoms with Gasteiger partial charge in [0.25, 0.3) is 0 Å². The molecular weight excluding hydrogens is 228 g/mol. The zero-order valence-corrected chi connectivity index (χ0v) is 11.0. The van der Waals surface area contributed by atoms with Gasteiger partial charge in [-0.2, -0.15) is 0 Å². The average Bonchev–Trinajstić information content (AvgIpc) is 2.92. The molecule has 3 N–H and O–H groups in total. The molecule has 5 heteroatoms. The van der Waals surface area contributed by atoms with E-state index in [4.69, 9.17) is 10.6 Å². The second kappa shape index (κ2) is 6.66. The van der Waals surface area contributed by atoms with Gasteiger partial charge in [-0.3, -0.25) is 0 Å². The summed E-state index contributed by atoms with van der Waals surface area (Å²) >= 11 is 0. The highest BCUT2D eigenvalue weighted by Crippen LogP contribution is 2.33. The summed E-state index contributed by atoms with van der Waals surface area (Å²) in [4.78, 5) is 9.02. The number of nitrogens with two attached hydrogens (primary N) is 1. The lowest BCUT2D eigenvalue weighted by Gasteiger charge is -2.12. The Kier molecular flexibility index (Phi) is 4.90. The maximum atomic E-state index is 5.47. The molecule has 0 spiro atoms. The van der Waals surface area contributed by atoms with Gasteiger partial charge in [0.05, 0.1) is 6.61 Å². The summed E-state index contributed by atoms with van der Waals surface area (Å²) in [6.45, 7) is 3.38. The lowest BCUT2D eigenvalue weighted by molar-refractivity contribution is 0.149. The van der Waals surface area contributed by atoms with Crippen molar-refractivity contribution < 1.29 is 4.74 Å². The Morgan fingerprint density at radius 3 is 2.83 bits per heavy atom. The molecule has 2 rings (SSSR count). The fourth-order valence-corrected chi connectivity index (χ4v) is 2.44. The van der Waals surface area contributed by atoms with Crippen LogP contribution in [0.4, 0.5) is 5.82 Å². The molecule has 0 aromatic carbocycles. The number of aromatic nitrogens is 2. The molecule has 1 aromatic rings. The number of hydrazine groups is 1. The molecule has 0 radical (unpaired) electrons. The second-order valence-electron chi connectivity index (χ2n) is 4.67. The minimum atomic E-state index is 0.575. The standard InChI is InChI=1S/C13H22N4O/c1-2-18-8-7-12-15-11(9-13(16-12)17-14)10-5-3-4-6-10/h9-10H,2-8,14H2,1H3,(H,15,16,17). The smallest absolute Gasteiger partial charge is 0.143 e. The van der Waals surface area contributed by atoms with E-state index in [0.717, 1.165) is 24.5 Å². The number of ether oxygens (including phenoxy) is 1. The van der Waals surface area contributed by atoms with Crippen molar-refractivity contribution in [3.63, 3.8) is 0 Å². The first-order chi connectivity index (χ1) is 8.83. The van der Waals surface area contributed by atoms with Crippen LogP contribution < -0.4 is 11.3 Å². The number of nitrogens with zero attached hydrogens (tertiary/aromatic N) is 2. The van der Waals surface area contributed by atoms with Crippen molar-refractivity contribution >= 4 is 5.82 Å². The molecule has 0 aliphatic heterocycles. The van der Waals surface area contributed by atoms with E-state index in [1.54, 1.807) is 0 Å². The Balaban J connectivity index is 2.10. The highest BCUT2D eigenvalue weighted by Gasteiger charge is 2.19. The number of hydrogen-bond donors (Lipinski definition) is 2. The topological polar surface area (TPSA) is 73.1 Å². The van der Waals surface area contributed by atoms with Crippen LogP contribution in [-0.2, 0) is 11.2 Å². The fraction of sp³-hybridized carbons (Fsp3) is 0.692. The number of anilines is 1. The maximum Gasteiger partial charge on any atom is 0.143 e. The second-order valence-corrected chi connectivity index (χ2v) is 4.67. The van der Waals surface area contributed by atoms with Gasteiger partial charge < -0.3 is 10.2 Å². The summed E-state index contributed by atoms with van der Waals surface area (Å²) in [7, 11) is 0. The molecule has 18 heavy (non-hydrogen) atoms. The molecule has 0 amide bonds. The summed E-state index contributed by atoms with van der Waals surface area (Å²) < 4.78 is 5.34. The predicted molar refractivity (Wildman–Crippen MR) is 71.2 cm³/mol. The van der Waals surface area contributed by atoms with Crippen LogP contribution in [0.15, 0.2) is 6.07 Å². The third-order valence-corrected chi connectivity index (χ3v) is 3.39. The van der Waals surface area contributed by atoms with Gasteiger partial charge in [0.2, 0.25) is 0 Å². The molecule has 1 aromatic heterocycles. The molecular formula is C13H22N4O. The van der Waals surface area contributed by atoms with E-state index in [1.165, 1.54) is 25.7 Å². The molecule has 1 fully saturated rings. The molecule has 0 unspecified atom stereocenters. The number of hydrogen-bond acceptors (Lipinski definition) is 5. The average molecular weight is 250 g/mol. The largest absolute Gasteiger partial charge is 0.381 e. The lowest BCUT2D eigenvalue weighted by atomic mass is 10.0. The third-order valence-electron chi connectivity index (χ3n) is 3.39. The van der Waals surface area contributed by atoms with Gasteiger partial charge in [0.15, 0.2) is 0 Å². The molecule has 0 saturated heterocycles. The van der Waals surface area contributed by atoms with Gasteiger partial charge >= 0.3 is 0 Å². The molecule has 1 aliphatic rings. The van der Waals surface area contributed by atoms with E-state index in [9.17, 15) is 0 Å². The van der Waals surface area contributed by atoms with Crippen LogP contribution in [0.25, 0.3) is 0 Å². The molecule has 0 bridgehead atoms. The lowest BCUT2D eigenvalue weighted by Crippen LogP contribution is -2.13. The predicted octanol–water partition coefficient (Wildman–Crippen LogP) is 2.00. The van der Waals surface area contributed by atoms with Crippen LogP contribution in [0, 0.1) is 0 Å². The molecule has 1 saturated carbocycles. The Labute approximate surface area is 108 Å². The van der Waals surface area contributed by atoms with Crippen molar-refractivity contribution in [1.29, 1.82) is 0 Å². The van der Waals surface area contributed by atoms with Gasteiger partial charge in [-0.05, 0) is 19.8 Å². The first kappa shape index (κ1) is 13.2. The highest BCUT2D eigenvalue weighted by atomic mass is 16.5. The molecule has 1 heterocycles. The van der Waals surface area contributed by atoms with E-state index in [-0.39, 0.29) is 0 Å². The first-order valence-electron chi connectivity index (χ1n) is 6.75. The number of nitrogen functional groups attached to an aromatic ring is 1. The van der Waals surface area contributed by atoms with Crippen LogP contribution in [0.5, 0.6) is 0 Å². The van der Waals surface area contributed by atoms with Crippen molar-refractivity contribution in [2.75, 3.05) is 18.6 Å². The van der Waals surface area contributed by atoms with Crippen molar-refractivity contribution in [3.05, 3.63) is 17.6 Å². The normalized spacial score (nSPS) is 16.1. The fourth-order valence-electron chi connectivity index (χ4n) is 2.44. The SMILES string of the molecule is CCOCCc1nc(NN)cc(C2CCCC2)n1. The van der Waals surface area contributed by atoms with Gasteiger partial charge in [0, 0.05) is 30.7 Å². The van der Waals surface area contributed by atoms with Gasteiger partial charge in [-0.1, -0.05) is 12.8 Å². The minimum Gasteiger partial charge on any atom is -0.381 e. The molecule has 1 aliphatic carbocycles. The van der Waals surface area contributed by atoms with Crippen LogP contribution in [0.3, 0.4) is 0 Å². The quantitative estimate of drug-likeness (QED) is 0.459. The van der Waals surface area contributed by atoms with Crippen molar-refractivity contribution in [2.24, 2.45) is 5.84 Å². The van der Waals surface area contributed by atoms with E-state index in [0.29, 0.717) is 18.3 Å². The van der Waals surface area contributed by atoms with Gasteiger partial charge in [0.1, 0.15) is 11.6 Å². The Morgan fingerprint density at radius 2 is 2.17 bits per heavy atom. The van der Waals surface area contributed by atoms with Crippen molar-refractivity contribution in [3.8, 4) is 0 Å². The zero-order chi connectivity index (χ0) is 12.8. The van der Waals surface area contributed by atoms with Crippen LogP contribution in [0.1, 0.15) is 50.0 Å². The van der Waals surface area contributed by atoms with Gasteiger partial charge in [-0.25, -0.2) is 15.8 Å². The molecule has 0 atom stereocenters. The number of rotatable bonds is 6. The Morgan fingerprint density at radius 1 is 1.39 bits per heavy atom. The van der Waals surface area contributed by atoms with E-state index >= 15 is 0 Å². The Bertz CT molecular complexity index is 377.